The van der Waals surface area contributed by atoms with Crippen LogP contribution in [0.15, 0.2) is 41.6 Å². The summed E-state index contributed by atoms with van der Waals surface area (Å²) in [5.74, 6) is 0. The van der Waals surface area contributed by atoms with E-state index in [1.54, 1.807) is 24.3 Å². The van der Waals surface area contributed by atoms with Crippen molar-refractivity contribution in [2.24, 2.45) is 0 Å². The van der Waals surface area contributed by atoms with Gasteiger partial charge in [0.2, 0.25) is 0 Å². The smallest absolute Gasteiger partial charge is 0.199 e. The molecule has 5 nitrogen and oxygen atoms in total. The maximum absolute atomic E-state index is 11.9. The molecule has 6 heteroatoms. The molecule has 0 aliphatic carbocycles. The Kier molecular flexibility index (Phi) is 2.28. The first kappa shape index (κ1) is 9.85. The maximum Gasteiger partial charge on any atom is 0.284 e. The van der Waals surface area contributed by atoms with Gasteiger partial charge in [-0.2, -0.15) is 8.42 Å². The van der Waals surface area contributed by atoms with Crippen LogP contribution < -0.4 is 0 Å². The third-order valence-corrected chi connectivity index (χ3v) is 3.52. The van der Waals surface area contributed by atoms with Crippen LogP contribution in [0.3, 0.4) is 0 Å². The van der Waals surface area contributed by atoms with Crippen LogP contribution in [0.4, 0.5) is 0 Å². The molecule has 0 amide bonds. The van der Waals surface area contributed by atoms with E-state index in [0.29, 0.717) is 0 Å². The third kappa shape index (κ3) is 1.75. The van der Waals surface area contributed by atoms with E-state index < -0.39 is 10.0 Å². The van der Waals surface area contributed by atoms with Gasteiger partial charge in [-0.15, -0.1) is 9.19 Å². The van der Waals surface area contributed by atoms with Crippen molar-refractivity contribution in [1.29, 1.82) is 0 Å². The Hall–Kier alpha value is -1.69. The molecule has 1 aromatic carbocycles. The zero-order valence-electron chi connectivity index (χ0n) is 8.03. The molecule has 0 fully saturated rings. The van der Waals surface area contributed by atoms with Gasteiger partial charge < -0.3 is 0 Å². The molecule has 0 saturated heterocycles. The van der Waals surface area contributed by atoms with Gasteiger partial charge in [-0.1, -0.05) is 22.9 Å². The first-order chi connectivity index (χ1) is 7.10. The summed E-state index contributed by atoms with van der Waals surface area (Å²) in [4.78, 5) is 0.207. The molecule has 2 aromatic rings. The lowest BCUT2D eigenvalue weighted by Gasteiger charge is -2.02. The lowest BCUT2D eigenvalue weighted by molar-refractivity contribution is 0.577. The zero-order chi connectivity index (χ0) is 10.9. The summed E-state index contributed by atoms with van der Waals surface area (Å²) in [6.07, 6.45) is 2.63. The van der Waals surface area contributed by atoms with Gasteiger partial charge in [-0.3, -0.25) is 0 Å². The van der Waals surface area contributed by atoms with Crippen LogP contribution >= 0.6 is 0 Å². The van der Waals surface area contributed by atoms with Crippen molar-refractivity contribution in [2.75, 3.05) is 0 Å². The van der Waals surface area contributed by atoms with E-state index >= 15 is 0 Å². The number of nitrogens with zero attached hydrogens (tertiary/aromatic N) is 3. The minimum Gasteiger partial charge on any atom is -0.199 e. The predicted octanol–water partition coefficient (Wildman–Crippen LogP) is 0.824. The van der Waals surface area contributed by atoms with Gasteiger partial charge in [0.05, 0.1) is 17.3 Å². The Bertz CT molecular complexity index is 544. The summed E-state index contributed by atoms with van der Waals surface area (Å²) >= 11 is 0. The Morgan fingerprint density at radius 1 is 1.20 bits per heavy atom. The quantitative estimate of drug-likeness (QED) is 0.756. The van der Waals surface area contributed by atoms with Crippen molar-refractivity contribution in [2.45, 2.75) is 11.8 Å². The fraction of sp³-hybridized carbons (Fsp3) is 0.111. The monoisotopic (exact) mass is 223 g/mol. The fourth-order valence-electron chi connectivity index (χ4n) is 1.14. The van der Waals surface area contributed by atoms with Gasteiger partial charge in [-0.05, 0) is 19.1 Å². The second-order valence-corrected chi connectivity index (χ2v) is 4.89. The van der Waals surface area contributed by atoms with Crippen LogP contribution in [0.25, 0.3) is 0 Å². The molecule has 0 atom stereocenters. The van der Waals surface area contributed by atoms with Crippen LogP contribution in [0.2, 0.25) is 0 Å². The molecule has 0 radical (unpaired) electrons. The minimum absolute atomic E-state index is 0.207. The molecular formula is C9H9N3O2S. The number of aryl methyl sites for hydroxylation is 1. The number of benzene rings is 1. The van der Waals surface area contributed by atoms with Crippen molar-refractivity contribution >= 4 is 10.0 Å². The summed E-state index contributed by atoms with van der Waals surface area (Å²) in [5.41, 5.74) is 1.01. The molecule has 0 N–H and O–H groups in total. The predicted molar refractivity (Wildman–Crippen MR) is 53.8 cm³/mol. The molecule has 0 unspecified atom stereocenters. The Morgan fingerprint density at radius 3 is 2.40 bits per heavy atom. The molecule has 1 aromatic heterocycles. The van der Waals surface area contributed by atoms with Crippen molar-refractivity contribution in [3.05, 3.63) is 42.2 Å². The number of hydrogen-bond donors (Lipinski definition) is 0. The number of aromatic nitrogens is 3. The topological polar surface area (TPSA) is 64.8 Å². The average molecular weight is 223 g/mol. The van der Waals surface area contributed by atoms with Crippen molar-refractivity contribution < 1.29 is 8.42 Å². The summed E-state index contributed by atoms with van der Waals surface area (Å²) < 4.78 is 24.6. The van der Waals surface area contributed by atoms with Crippen molar-refractivity contribution in [3.8, 4) is 0 Å². The van der Waals surface area contributed by atoms with Gasteiger partial charge in [0.1, 0.15) is 0 Å². The summed E-state index contributed by atoms with van der Waals surface area (Å²) in [6, 6.07) is 6.58. The largest absolute Gasteiger partial charge is 0.284 e. The van der Waals surface area contributed by atoms with Crippen LogP contribution in [0, 0.1) is 6.92 Å². The van der Waals surface area contributed by atoms with E-state index in [2.05, 4.69) is 10.3 Å². The van der Waals surface area contributed by atoms with Gasteiger partial charge in [0.25, 0.3) is 10.0 Å². The van der Waals surface area contributed by atoms with E-state index in [0.717, 1.165) is 9.65 Å². The molecule has 1 heterocycles. The molecule has 0 aliphatic heterocycles. The van der Waals surface area contributed by atoms with E-state index in [9.17, 15) is 8.42 Å². The summed E-state index contributed by atoms with van der Waals surface area (Å²) in [7, 11) is -3.57. The van der Waals surface area contributed by atoms with Crippen LogP contribution in [0.1, 0.15) is 5.56 Å². The van der Waals surface area contributed by atoms with E-state index in [-0.39, 0.29) is 4.90 Å². The summed E-state index contributed by atoms with van der Waals surface area (Å²) in [5, 5.41) is 6.93. The molecular weight excluding hydrogens is 214 g/mol. The van der Waals surface area contributed by atoms with Crippen LogP contribution in [-0.4, -0.2) is 22.8 Å². The van der Waals surface area contributed by atoms with Crippen LogP contribution in [-0.2, 0) is 10.0 Å². The molecule has 0 saturated carbocycles. The molecule has 0 spiro atoms. The van der Waals surface area contributed by atoms with Crippen molar-refractivity contribution in [1.82, 2.24) is 14.4 Å². The van der Waals surface area contributed by atoms with Gasteiger partial charge in [-0.25, -0.2) is 0 Å². The lowest BCUT2D eigenvalue weighted by Crippen LogP contribution is -2.13. The Labute approximate surface area is 87.4 Å². The highest BCUT2D eigenvalue weighted by atomic mass is 32.2. The Morgan fingerprint density at radius 2 is 1.87 bits per heavy atom. The van der Waals surface area contributed by atoms with Gasteiger partial charge in [0.15, 0.2) is 0 Å². The highest BCUT2D eigenvalue weighted by molar-refractivity contribution is 7.89. The second kappa shape index (κ2) is 3.47. The van der Waals surface area contributed by atoms with Crippen molar-refractivity contribution in [3.63, 3.8) is 0 Å². The normalized spacial score (nSPS) is 11.5. The third-order valence-electron chi connectivity index (χ3n) is 1.97. The molecule has 15 heavy (non-hydrogen) atoms. The van der Waals surface area contributed by atoms with Gasteiger partial charge >= 0.3 is 0 Å². The fourth-order valence-corrected chi connectivity index (χ4v) is 2.19. The number of hydrogen-bond acceptors (Lipinski definition) is 4. The maximum atomic E-state index is 11.9. The van der Waals surface area contributed by atoms with Gasteiger partial charge in [0, 0.05) is 0 Å². The first-order valence-electron chi connectivity index (χ1n) is 4.29. The van der Waals surface area contributed by atoms with E-state index in [1.165, 1.54) is 12.4 Å². The molecule has 0 aliphatic rings. The highest BCUT2D eigenvalue weighted by Gasteiger charge is 2.16. The second-order valence-electron chi connectivity index (χ2n) is 3.09. The SMILES string of the molecule is Cc1ccc(S(=O)(=O)n2ccnn2)cc1. The average Bonchev–Trinajstić information content (AvgIpc) is 2.71. The van der Waals surface area contributed by atoms with E-state index in [4.69, 9.17) is 0 Å². The highest BCUT2D eigenvalue weighted by Crippen LogP contribution is 2.12. The standard InChI is InChI=1S/C9H9N3O2S/c1-8-2-4-9(5-3-8)15(13,14)12-7-6-10-11-12/h2-7H,1H3. The number of rotatable bonds is 2. The van der Waals surface area contributed by atoms with E-state index in [1.807, 2.05) is 6.92 Å². The molecule has 0 bridgehead atoms. The summed E-state index contributed by atoms with van der Waals surface area (Å²) in [6.45, 7) is 1.89. The first-order valence-corrected chi connectivity index (χ1v) is 5.73. The lowest BCUT2D eigenvalue weighted by atomic mass is 10.2. The zero-order valence-corrected chi connectivity index (χ0v) is 8.85. The van der Waals surface area contributed by atoms with Crippen LogP contribution in [0.5, 0.6) is 0 Å². The minimum atomic E-state index is -3.57. The molecule has 2 rings (SSSR count). The Balaban J connectivity index is 2.52. The molecule has 78 valence electrons.